The molecule has 0 spiro atoms. The minimum atomic E-state index is 0.438. The van der Waals surface area contributed by atoms with Gasteiger partial charge in [0.15, 0.2) is 0 Å². The number of nitrogens with zero attached hydrogens (tertiary/aromatic N) is 1. The standard InChI is InChI=1S/C21H19N/c1-15-17-11-6-7-12-18(17)19-13-8-14-20(21(15)19)22(2)16-9-4-3-5-10-16/h3-15H,1-2H3. The first-order valence-electron chi connectivity index (χ1n) is 7.78. The van der Waals surface area contributed by atoms with Gasteiger partial charge in [-0.1, -0.05) is 61.5 Å². The number of para-hydroxylation sites is 1. The molecule has 0 aromatic heterocycles. The Labute approximate surface area is 131 Å². The average molecular weight is 285 g/mol. The summed E-state index contributed by atoms with van der Waals surface area (Å²) in [5.41, 5.74) is 8.16. The molecule has 1 heteroatoms. The summed E-state index contributed by atoms with van der Waals surface area (Å²) in [5, 5.41) is 0. The van der Waals surface area contributed by atoms with E-state index in [2.05, 4.69) is 91.7 Å². The van der Waals surface area contributed by atoms with Gasteiger partial charge < -0.3 is 4.90 Å². The molecule has 3 aromatic rings. The third kappa shape index (κ3) is 1.86. The fraction of sp³-hybridized carbons (Fsp3) is 0.143. The Hall–Kier alpha value is -2.54. The molecule has 3 aromatic carbocycles. The van der Waals surface area contributed by atoms with E-state index in [1.54, 1.807) is 0 Å². The van der Waals surface area contributed by atoms with Crippen LogP contribution in [0.25, 0.3) is 11.1 Å². The van der Waals surface area contributed by atoms with Crippen molar-refractivity contribution in [3.05, 3.63) is 83.9 Å². The number of fused-ring (bicyclic) bond motifs is 3. The molecule has 0 N–H and O–H groups in total. The van der Waals surface area contributed by atoms with E-state index in [1.807, 2.05) is 0 Å². The number of hydrogen-bond donors (Lipinski definition) is 0. The topological polar surface area (TPSA) is 3.24 Å². The molecule has 0 radical (unpaired) electrons. The largest absolute Gasteiger partial charge is 0.344 e. The molecule has 0 amide bonds. The maximum Gasteiger partial charge on any atom is 0.0453 e. The molecule has 1 nitrogen and oxygen atoms in total. The zero-order chi connectivity index (χ0) is 15.1. The molecule has 0 saturated heterocycles. The fourth-order valence-corrected chi connectivity index (χ4v) is 3.60. The molecule has 1 atom stereocenters. The van der Waals surface area contributed by atoms with Crippen LogP contribution >= 0.6 is 0 Å². The predicted molar refractivity (Wildman–Crippen MR) is 93.9 cm³/mol. The second-order valence-electron chi connectivity index (χ2n) is 5.94. The van der Waals surface area contributed by atoms with Crippen molar-refractivity contribution < 1.29 is 0 Å². The lowest BCUT2D eigenvalue weighted by Crippen LogP contribution is -2.12. The highest BCUT2D eigenvalue weighted by Gasteiger charge is 2.28. The molecule has 0 aliphatic heterocycles. The van der Waals surface area contributed by atoms with E-state index in [4.69, 9.17) is 0 Å². The molecule has 1 aliphatic rings. The minimum absolute atomic E-state index is 0.438. The second-order valence-corrected chi connectivity index (χ2v) is 5.94. The van der Waals surface area contributed by atoms with E-state index >= 15 is 0 Å². The van der Waals surface area contributed by atoms with Crippen molar-refractivity contribution in [2.75, 3.05) is 11.9 Å². The van der Waals surface area contributed by atoms with Gasteiger partial charge >= 0.3 is 0 Å². The Morgan fingerprint density at radius 1 is 0.727 bits per heavy atom. The van der Waals surface area contributed by atoms with Crippen molar-refractivity contribution in [1.82, 2.24) is 0 Å². The van der Waals surface area contributed by atoms with Crippen LogP contribution in [0.1, 0.15) is 24.0 Å². The number of hydrogen-bond acceptors (Lipinski definition) is 1. The van der Waals surface area contributed by atoms with Crippen LogP contribution < -0.4 is 4.90 Å². The van der Waals surface area contributed by atoms with E-state index in [0.29, 0.717) is 5.92 Å². The predicted octanol–water partition coefficient (Wildman–Crippen LogP) is 5.59. The summed E-state index contributed by atoms with van der Waals surface area (Å²) in [4.78, 5) is 2.29. The Kier molecular flexibility index (Phi) is 3.00. The van der Waals surface area contributed by atoms with Gasteiger partial charge in [-0.25, -0.2) is 0 Å². The average Bonchev–Trinajstić information content (AvgIpc) is 2.89. The van der Waals surface area contributed by atoms with E-state index < -0.39 is 0 Å². The lowest BCUT2D eigenvalue weighted by molar-refractivity contribution is 0.948. The van der Waals surface area contributed by atoms with E-state index in [9.17, 15) is 0 Å². The summed E-state index contributed by atoms with van der Waals surface area (Å²) in [6.07, 6.45) is 0. The molecule has 108 valence electrons. The lowest BCUT2D eigenvalue weighted by Gasteiger charge is -2.24. The summed E-state index contributed by atoms with van der Waals surface area (Å²) in [6.45, 7) is 2.31. The maximum absolute atomic E-state index is 2.31. The molecule has 0 bridgehead atoms. The van der Waals surface area contributed by atoms with Crippen LogP contribution in [0.15, 0.2) is 72.8 Å². The highest BCUT2D eigenvalue weighted by atomic mass is 15.1. The SMILES string of the molecule is CC1c2ccccc2-c2cccc(N(C)c3ccccc3)c21. The normalized spacial score (nSPS) is 15.3. The van der Waals surface area contributed by atoms with Crippen molar-refractivity contribution in [3.63, 3.8) is 0 Å². The van der Waals surface area contributed by atoms with Crippen LogP contribution in [0.4, 0.5) is 11.4 Å². The summed E-state index contributed by atoms with van der Waals surface area (Å²) in [6, 6.07) is 26.0. The van der Waals surface area contributed by atoms with Gasteiger partial charge in [0.05, 0.1) is 0 Å². The van der Waals surface area contributed by atoms with E-state index in [0.717, 1.165) is 0 Å². The van der Waals surface area contributed by atoms with Gasteiger partial charge in [0.1, 0.15) is 0 Å². The number of rotatable bonds is 2. The zero-order valence-electron chi connectivity index (χ0n) is 13.0. The first-order valence-corrected chi connectivity index (χ1v) is 7.78. The Morgan fingerprint density at radius 2 is 1.41 bits per heavy atom. The summed E-state index contributed by atoms with van der Waals surface area (Å²) in [7, 11) is 2.15. The van der Waals surface area contributed by atoms with Gasteiger partial charge in [-0.2, -0.15) is 0 Å². The van der Waals surface area contributed by atoms with Gasteiger partial charge in [-0.05, 0) is 40.5 Å². The molecule has 1 unspecified atom stereocenters. The first-order chi connectivity index (χ1) is 10.8. The van der Waals surface area contributed by atoms with Crippen LogP contribution in [0.5, 0.6) is 0 Å². The van der Waals surface area contributed by atoms with Crippen molar-refractivity contribution in [2.24, 2.45) is 0 Å². The lowest BCUT2D eigenvalue weighted by atomic mass is 9.97. The van der Waals surface area contributed by atoms with Gasteiger partial charge in [0, 0.05) is 24.3 Å². The molecule has 1 aliphatic carbocycles. The Morgan fingerprint density at radius 3 is 2.23 bits per heavy atom. The van der Waals surface area contributed by atoms with Gasteiger partial charge in [0.25, 0.3) is 0 Å². The van der Waals surface area contributed by atoms with Crippen molar-refractivity contribution in [3.8, 4) is 11.1 Å². The minimum Gasteiger partial charge on any atom is -0.344 e. The van der Waals surface area contributed by atoms with Crippen LogP contribution in [0, 0.1) is 0 Å². The number of benzene rings is 3. The van der Waals surface area contributed by atoms with Crippen LogP contribution in [0.3, 0.4) is 0 Å². The maximum atomic E-state index is 2.31. The first kappa shape index (κ1) is 13.1. The highest BCUT2D eigenvalue weighted by Crippen LogP contribution is 2.49. The zero-order valence-corrected chi connectivity index (χ0v) is 13.0. The Bertz CT molecular complexity index is 820. The molecule has 0 heterocycles. The van der Waals surface area contributed by atoms with Crippen LogP contribution in [0.2, 0.25) is 0 Å². The smallest absolute Gasteiger partial charge is 0.0453 e. The molecular formula is C21H19N. The van der Waals surface area contributed by atoms with E-state index in [1.165, 1.54) is 33.6 Å². The Balaban J connectivity index is 1.88. The quantitative estimate of drug-likeness (QED) is 0.593. The van der Waals surface area contributed by atoms with Crippen molar-refractivity contribution in [1.29, 1.82) is 0 Å². The van der Waals surface area contributed by atoms with Gasteiger partial charge in [-0.15, -0.1) is 0 Å². The number of anilines is 2. The van der Waals surface area contributed by atoms with E-state index in [-0.39, 0.29) is 0 Å². The third-order valence-corrected chi connectivity index (χ3v) is 4.74. The summed E-state index contributed by atoms with van der Waals surface area (Å²) >= 11 is 0. The van der Waals surface area contributed by atoms with Crippen LogP contribution in [-0.4, -0.2) is 7.05 Å². The second kappa shape index (κ2) is 5.03. The van der Waals surface area contributed by atoms with Gasteiger partial charge in [-0.3, -0.25) is 0 Å². The van der Waals surface area contributed by atoms with Gasteiger partial charge in [0.2, 0.25) is 0 Å². The fourth-order valence-electron chi connectivity index (χ4n) is 3.60. The summed E-state index contributed by atoms with van der Waals surface area (Å²) < 4.78 is 0. The molecule has 0 fully saturated rings. The van der Waals surface area contributed by atoms with Crippen LogP contribution in [-0.2, 0) is 0 Å². The molecular weight excluding hydrogens is 266 g/mol. The van der Waals surface area contributed by atoms with Crippen molar-refractivity contribution >= 4 is 11.4 Å². The highest BCUT2D eigenvalue weighted by molar-refractivity contribution is 5.85. The molecule has 4 rings (SSSR count). The third-order valence-electron chi connectivity index (χ3n) is 4.74. The monoisotopic (exact) mass is 285 g/mol. The summed E-state index contributed by atoms with van der Waals surface area (Å²) in [5.74, 6) is 0.438. The molecule has 22 heavy (non-hydrogen) atoms. The molecule has 0 saturated carbocycles. The van der Waals surface area contributed by atoms with Crippen molar-refractivity contribution in [2.45, 2.75) is 12.8 Å².